The number of carbonyl (C=O) groups excluding carboxylic acids is 1. The van der Waals surface area contributed by atoms with Crippen LogP contribution in [0.15, 0.2) is 0 Å². The van der Waals surface area contributed by atoms with Gasteiger partial charge >= 0.3 is 5.97 Å². The molecule has 1 unspecified atom stereocenters. The minimum atomic E-state index is -0.360. The van der Waals surface area contributed by atoms with E-state index in [1.54, 1.807) is 0 Å². The van der Waals surface area contributed by atoms with E-state index >= 15 is 0 Å². The first-order valence-electron chi connectivity index (χ1n) is 4.45. The first-order valence-corrected chi connectivity index (χ1v) is 4.45. The van der Waals surface area contributed by atoms with Gasteiger partial charge in [0, 0.05) is 0 Å². The van der Waals surface area contributed by atoms with Crippen molar-refractivity contribution >= 4 is 18.4 Å². The summed E-state index contributed by atoms with van der Waals surface area (Å²) in [5.41, 5.74) is -0.360. The number of carbonyl (C=O) groups is 1. The van der Waals surface area contributed by atoms with Gasteiger partial charge in [-0.15, -0.1) is 12.4 Å². The Morgan fingerprint density at radius 3 is 2.46 bits per heavy atom. The molecule has 3 nitrogen and oxygen atoms in total. The fourth-order valence-electron chi connectivity index (χ4n) is 1.26. The molecule has 4 heteroatoms. The van der Waals surface area contributed by atoms with Gasteiger partial charge in [0.1, 0.15) is 11.6 Å². The lowest BCUT2D eigenvalue weighted by atomic mass is 10.2. The Bertz CT molecular complexity index is 171. The molecule has 1 N–H and O–H groups in total. The van der Waals surface area contributed by atoms with Gasteiger partial charge in [-0.05, 0) is 40.2 Å². The molecule has 0 bridgehead atoms. The molecule has 0 amide bonds. The van der Waals surface area contributed by atoms with Crippen molar-refractivity contribution in [3.8, 4) is 0 Å². The molecule has 1 heterocycles. The second-order valence-electron chi connectivity index (χ2n) is 4.18. The van der Waals surface area contributed by atoms with E-state index in [1.807, 2.05) is 20.8 Å². The lowest BCUT2D eigenvalue weighted by molar-refractivity contribution is -0.157. The van der Waals surface area contributed by atoms with E-state index in [0.29, 0.717) is 0 Å². The van der Waals surface area contributed by atoms with Crippen LogP contribution in [0.1, 0.15) is 33.6 Å². The van der Waals surface area contributed by atoms with E-state index < -0.39 is 0 Å². The van der Waals surface area contributed by atoms with Crippen LogP contribution in [-0.4, -0.2) is 24.2 Å². The van der Waals surface area contributed by atoms with Crippen molar-refractivity contribution in [1.29, 1.82) is 0 Å². The van der Waals surface area contributed by atoms with Crippen LogP contribution in [0.2, 0.25) is 0 Å². The maximum Gasteiger partial charge on any atom is 0.323 e. The molecule has 78 valence electrons. The monoisotopic (exact) mass is 207 g/mol. The van der Waals surface area contributed by atoms with Crippen molar-refractivity contribution in [3.05, 3.63) is 0 Å². The van der Waals surface area contributed by atoms with E-state index in [9.17, 15) is 4.79 Å². The summed E-state index contributed by atoms with van der Waals surface area (Å²) in [5, 5.41) is 3.10. The summed E-state index contributed by atoms with van der Waals surface area (Å²) in [6, 6.07) is -0.0655. The molecular weight excluding hydrogens is 190 g/mol. The summed E-state index contributed by atoms with van der Waals surface area (Å²) in [6.07, 6.45) is 1.98. The first-order chi connectivity index (χ1) is 5.49. The van der Waals surface area contributed by atoms with Gasteiger partial charge in [0.25, 0.3) is 0 Å². The average molecular weight is 208 g/mol. The Balaban J connectivity index is 0.00000144. The molecule has 0 aromatic heterocycles. The van der Waals surface area contributed by atoms with Crippen molar-refractivity contribution in [3.63, 3.8) is 0 Å². The quantitative estimate of drug-likeness (QED) is 0.663. The van der Waals surface area contributed by atoms with Gasteiger partial charge < -0.3 is 10.1 Å². The van der Waals surface area contributed by atoms with E-state index in [0.717, 1.165) is 19.4 Å². The Morgan fingerprint density at radius 1 is 1.46 bits per heavy atom. The Hall–Kier alpha value is -0.280. The van der Waals surface area contributed by atoms with E-state index in [2.05, 4.69) is 5.32 Å². The highest BCUT2D eigenvalue weighted by Crippen LogP contribution is 2.12. The summed E-state index contributed by atoms with van der Waals surface area (Å²) in [7, 11) is 0. The van der Waals surface area contributed by atoms with Crippen LogP contribution < -0.4 is 5.32 Å². The van der Waals surface area contributed by atoms with Gasteiger partial charge in [-0.25, -0.2) is 0 Å². The number of hydrogen-bond donors (Lipinski definition) is 1. The number of ether oxygens (including phenoxy) is 1. The third kappa shape index (κ3) is 4.48. The summed E-state index contributed by atoms with van der Waals surface area (Å²) >= 11 is 0. The zero-order chi connectivity index (χ0) is 9.19. The lowest BCUT2D eigenvalue weighted by Crippen LogP contribution is -2.37. The van der Waals surface area contributed by atoms with E-state index in [1.165, 1.54) is 0 Å². The molecule has 0 aromatic carbocycles. The standard InChI is InChI=1S/C9H17NO2.ClH/c1-9(2,3)12-8(11)7-5-4-6-10-7;/h7,10H,4-6H2,1-3H3;1H. The fourth-order valence-corrected chi connectivity index (χ4v) is 1.26. The number of rotatable bonds is 1. The van der Waals surface area contributed by atoms with Crippen molar-refractivity contribution in [2.24, 2.45) is 0 Å². The predicted molar refractivity (Wildman–Crippen MR) is 54.1 cm³/mol. The highest BCUT2D eigenvalue weighted by atomic mass is 35.5. The molecule has 0 spiro atoms. The van der Waals surface area contributed by atoms with Crippen LogP contribution in [0.25, 0.3) is 0 Å². The molecule has 1 atom stereocenters. The summed E-state index contributed by atoms with van der Waals surface area (Å²) in [5.74, 6) is -0.111. The highest BCUT2D eigenvalue weighted by Gasteiger charge is 2.26. The highest BCUT2D eigenvalue weighted by molar-refractivity contribution is 5.85. The number of halogens is 1. The van der Waals surface area contributed by atoms with Crippen LogP contribution in [0.3, 0.4) is 0 Å². The van der Waals surface area contributed by atoms with Gasteiger partial charge in [0.15, 0.2) is 0 Å². The Labute approximate surface area is 85.6 Å². The van der Waals surface area contributed by atoms with Gasteiger partial charge in [-0.1, -0.05) is 0 Å². The van der Waals surface area contributed by atoms with Crippen LogP contribution in [0, 0.1) is 0 Å². The Morgan fingerprint density at radius 2 is 2.08 bits per heavy atom. The summed E-state index contributed by atoms with van der Waals surface area (Å²) in [6.45, 7) is 6.60. The molecule has 0 saturated carbocycles. The van der Waals surface area contributed by atoms with Crippen LogP contribution in [0.4, 0.5) is 0 Å². The molecule has 1 rings (SSSR count). The third-order valence-electron chi connectivity index (χ3n) is 1.75. The van der Waals surface area contributed by atoms with Gasteiger partial charge in [0.05, 0.1) is 0 Å². The van der Waals surface area contributed by atoms with E-state index in [-0.39, 0.29) is 30.0 Å². The number of nitrogens with one attached hydrogen (secondary N) is 1. The fraction of sp³-hybridized carbons (Fsp3) is 0.889. The number of hydrogen-bond acceptors (Lipinski definition) is 3. The van der Waals surface area contributed by atoms with Crippen molar-refractivity contribution < 1.29 is 9.53 Å². The topological polar surface area (TPSA) is 38.3 Å². The largest absolute Gasteiger partial charge is 0.459 e. The molecule has 0 aromatic rings. The molecule has 13 heavy (non-hydrogen) atoms. The normalized spacial score (nSPS) is 22.2. The Kier molecular flexibility index (Phi) is 4.71. The lowest BCUT2D eigenvalue weighted by Gasteiger charge is -2.21. The maximum absolute atomic E-state index is 11.4. The molecular formula is C9H18ClNO2. The van der Waals surface area contributed by atoms with E-state index in [4.69, 9.17) is 4.74 Å². The second kappa shape index (κ2) is 4.82. The molecule has 1 aliphatic rings. The van der Waals surface area contributed by atoms with Gasteiger partial charge in [-0.2, -0.15) is 0 Å². The zero-order valence-corrected chi connectivity index (χ0v) is 9.24. The molecule has 1 saturated heterocycles. The first kappa shape index (κ1) is 12.7. The van der Waals surface area contributed by atoms with Crippen molar-refractivity contribution in [2.45, 2.75) is 45.3 Å². The molecule has 1 aliphatic heterocycles. The van der Waals surface area contributed by atoms with Crippen LogP contribution >= 0.6 is 12.4 Å². The molecule has 0 radical (unpaired) electrons. The maximum atomic E-state index is 11.4. The predicted octanol–water partition coefficient (Wildman–Crippen LogP) is 1.50. The smallest absolute Gasteiger partial charge is 0.323 e. The van der Waals surface area contributed by atoms with Crippen molar-refractivity contribution in [2.75, 3.05) is 6.54 Å². The average Bonchev–Trinajstić information content (AvgIpc) is 2.32. The van der Waals surface area contributed by atoms with Crippen LogP contribution in [-0.2, 0) is 9.53 Å². The number of esters is 1. The molecule has 1 fully saturated rings. The van der Waals surface area contributed by atoms with Gasteiger partial charge in [0.2, 0.25) is 0 Å². The SMILES string of the molecule is CC(C)(C)OC(=O)C1CCCN1.Cl. The molecule has 0 aliphatic carbocycles. The van der Waals surface area contributed by atoms with Gasteiger partial charge in [-0.3, -0.25) is 4.79 Å². The minimum Gasteiger partial charge on any atom is -0.459 e. The summed E-state index contributed by atoms with van der Waals surface area (Å²) in [4.78, 5) is 11.4. The second-order valence-corrected chi connectivity index (χ2v) is 4.18. The van der Waals surface area contributed by atoms with Crippen LogP contribution in [0.5, 0.6) is 0 Å². The summed E-state index contributed by atoms with van der Waals surface area (Å²) < 4.78 is 5.22. The minimum absolute atomic E-state index is 0. The van der Waals surface area contributed by atoms with Crippen molar-refractivity contribution in [1.82, 2.24) is 5.32 Å². The third-order valence-corrected chi connectivity index (χ3v) is 1.75. The zero-order valence-electron chi connectivity index (χ0n) is 8.42.